The van der Waals surface area contributed by atoms with Gasteiger partial charge in [0.05, 0.1) is 5.56 Å². The van der Waals surface area contributed by atoms with Gasteiger partial charge in [0.15, 0.2) is 0 Å². The Hall–Kier alpha value is -3.07. The van der Waals surface area contributed by atoms with E-state index in [1.807, 2.05) is 13.0 Å². The molecule has 3 rings (SSSR count). The molecular formula is C21H13F5O. The second-order valence-electron chi connectivity index (χ2n) is 5.80. The predicted molar refractivity (Wildman–Crippen MR) is 92.7 cm³/mol. The van der Waals surface area contributed by atoms with Gasteiger partial charge in [-0.3, -0.25) is 0 Å². The van der Waals surface area contributed by atoms with Crippen molar-refractivity contribution in [2.45, 2.75) is 19.7 Å². The van der Waals surface area contributed by atoms with Crippen molar-refractivity contribution in [1.29, 1.82) is 0 Å². The summed E-state index contributed by atoms with van der Waals surface area (Å²) in [5.74, 6) is 0.905. The Morgan fingerprint density at radius 3 is 2.37 bits per heavy atom. The van der Waals surface area contributed by atoms with Gasteiger partial charge in [-0.25, -0.2) is 8.78 Å². The number of ether oxygens (including phenoxy) is 1. The summed E-state index contributed by atoms with van der Waals surface area (Å²) in [5.41, 5.74) is 1.60. The zero-order valence-corrected chi connectivity index (χ0v) is 14.1. The highest BCUT2D eigenvalue weighted by Gasteiger charge is 2.29. The molecule has 0 atom stereocenters. The topological polar surface area (TPSA) is 9.23 Å². The van der Waals surface area contributed by atoms with E-state index in [1.54, 1.807) is 18.2 Å². The highest BCUT2D eigenvalue weighted by atomic mass is 19.4. The molecule has 0 bridgehead atoms. The van der Waals surface area contributed by atoms with Crippen LogP contribution in [0.15, 0.2) is 48.5 Å². The quantitative estimate of drug-likeness (QED) is 0.383. The Labute approximate surface area is 152 Å². The second-order valence-corrected chi connectivity index (χ2v) is 5.80. The Morgan fingerprint density at radius 2 is 1.70 bits per heavy atom. The van der Waals surface area contributed by atoms with Crippen LogP contribution in [0.1, 0.15) is 18.1 Å². The zero-order valence-electron chi connectivity index (χ0n) is 14.1. The lowest BCUT2D eigenvalue weighted by Gasteiger charge is -2.08. The first-order valence-electron chi connectivity index (χ1n) is 8.05. The lowest BCUT2D eigenvalue weighted by atomic mass is 9.97. The van der Waals surface area contributed by atoms with Gasteiger partial charge in [-0.05, 0) is 47.1 Å². The third-order valence-corrected chi connectivity index (χ3v) is 4.06. The molecule has 3 aromatic carbocycles. The van der Waals surface area contributed by atoms with E-state index in [2.05, 4.69) is 10.7 Å². The minimum absolute atomic E-state index is 0.217. The molecule has 0 aromatic heterocycles. The van der Waals surface area contributed by atoms with Crippen LogP contribution in [0.3, 0.4) is 0 Å². The van der Waals surface area contributed by atoms with Gasteiger partial charge in [0.2, 0.25) is 0 Å². The summed E-state index contributed by atoms with van der Waals surface area (Å²) in [5, 5.41) is 0.826. The molecule has 0 radical (unpaired) electrons. The third kappa shape index (κ3) is 4.20. The highest BCUT2D eigenvalue weighted by Crippen LogP contribution is 2.29. The number of rotatable bonds is 2. The first-order valence-corrected chi connectivity index (χ1v) is 8.05. The number of benzene rings is 3. The van der Waals surface area contributed by atoms with Crippen LogP contribution >= 0.6 is 0 Å². The van der Waals surface area contributed by atoms with Crippen molar-refractivity contribution in [3.8, 4) is 23.2 Å². The van der Waals surface area contributed by atoms with Crippen LogP contribution in [0, 0.1) is 23.7 Å². The van der Waals surface area contributed by atoms with Crippen LogP contribution in [-0.2, 0) is 11.2 Å². The van der Waals surface area contributed by atoms with E-state index in [1.165, 1.54) is 24.3 Å². The molecule has 0 N–H and O–H groups in total. The molecule has 0 heterocycles. The van der Waals surface area contributed by atoms with Crippen LogP contribution in [0.25, 0.3) is 21.9 Å². The van der Waals surface area contributed by atoms with E-state index in [0.29, 0.717) is 28.3 Å². The maximum absolute atomic E-state index is 14.3. The normalized spacial score (nSPS) is 11.2. The fourth-order valence-corrected chi connectivity index (χ4v) is 2.74. The fourth-order valence-electron chi connectivity index (χ4n) is 2.74. The number of aryl methyl sites for hydroxylation is 1. The van der Waals surface area contributed by atoms with Crippen molar-refractivity contribution in [3.63, 3.8) is 0 Å². The van der Waals surface area contributed by atoms with Gasteiger partial charge in [-0.1, -0.05) is 37.3 Å². The predicted octanol–water partition coefficient (Wildman–Crippen LogP) is 6.19. The van der Waals surface area contributed by atoms with Crippen LogP contribution < -0.4 is 0 Å². The summed E-state index contributed by atoms with van der Waals surface area (Å²) < 4.78 is 67.9. The van der Waals surface area contributed by atoms with E-state index >= 15 is 0 Å². The molecule has 1 nitrogen and oxygen atoms in total. The maximum Gasteiger partial charge on any atom is 0.581 e. The molecule has 27 heavy (non-hydrogen) atoms. The maximum atomic E-state index is 14.3. The molecule has 0 amide bonds. The molecule has 0 unspecified atom stereocenters. The summed E-state index contributed by atoms with van der Waals surface area (Å²) in [6.45, 7) is 1.92. The average Bonchev–Trinajstić information content (AvgIpc) is 2.62. The zero-order chi connectivity index (χ0) is 19.6. The first kappa shape index (κ1) is 18.7. The van der Waals surface area contributed by atoms with E-state index < -0.39 is 12.2 Å². The van der Waals surface area contributed by atoms with Gasteiger partial charge in [-0.15, -0.1) is 13.2 Å². The van der Waals surface area contributed by atoms with E-state index in [0.717, 1.165) is 11.6 Å². The lowest BCUT2D eigenvalue weighted by Crippen LogP contribution is -2.08. The van der Waals surface area contributed by atoms with Crippen LogP contribution in [0.4, 0.5) is 22.0 Å². The molecule has 6 heteroatoms. The molecule has 0 spiro atoms. The van der Waals surface area contributed by atoms with Gasteiger partial charge in [-0.2, -0.15) is 0 Å². The summed E-state index contributed by atoms with van der Waals surface area (Å²) in [4.78, 5) is 0. The molecule has 3 aromatic rings. The number of alkyl halides is 3. The Morgan fingerprint density at radius 1 is 0.926 bits per heavy atom. The van der Waals surface area contributed by atoms with Crippen molar-refractivity contribution in [2.24, 2.45) is 0 Å². The molecule has 0 aliphatic heterocycles. The van der Waals surface area contributed by atoms with Crippen molar-refractivity contribution in [2.75, 3.05) is 0 Å². The molecule has 0 saturated heterocycles. The fraction of sp³-hybridized carbons (Fsp3) is 0.143. The van der Waals surface area contributed by atoms with Crippen molar-refractivity contribution in [1.82, 2.24) is 0 Å². The minimum Gasteiger partial charge on any atom is -0.352 e. The lowest BCUT2D eigenvalue weighted by molar-refractivity contribution is -0.291. The van der Waals surface area contributed by atoms with Crippen LogP contribution in [-0.4, -0.2) is 6.36 Å². The first-order chi connectivity index (χ1) is 12.8. The van der Waals surface area contributed by atoms with Gasteiger partial charge >= 0.3 is 6.36 Å². The third-order valence-electron chi connectivity index (χ3n) is 4.06. The van der Waals surface area contributed by atoms with Crippen LogP contribution in [0.5, 0.6) is 0 Å². The average molecular weight is 376 g/mol. The summed E-state index contributed by atoms with van der Waals surface area (Å²) in [6.07, 6.45) is -2.75. The summed E-state index contributed by atoms with van der Waals surface area (Å²) in [6, 6.07) is 12.2. The molecule has 0 saturated carbocycles. The molecule has 0 aliphatic carbocycles. The van der Waals surface area contributed by atoms with Gasteiger partial charge in [0.25, 0.3) is 0 Å². The van der Waals surface area contributed by atoms with E-state index in [9.17, 15) is 22.0 Å². The van der Waals surface area contributed by atoms with Crippen molar-refractivity contribution < 1.29 is 26.7 Å². The smallest absolute Gasteiger partial charge is 0.352 e. The number of fused-ring (bicyclic) bond motifs is 1. The van der Waals surface area contributed by atoms with Crippen molar-refractivity contribution >= 4 is 10.8 Å². The van der Waals surface area contributed by atoms with E-state index in [4.69, 9.17) is 0 Å². The Bertz CT molecular complexity index is 1060. The van der Waals surface area contributed by atoms with E-state index in [-0.39, 0.29) is 11.4 Å². The SMILES string of the molecule is CCc1ccc(-c2ccc3c(C#COC(F)(F)F)c(F)ccc3c2)c(F)c1. The highest BCUT2D eigenvalue weighted by molar-refractivity contribution is 5.92. The summed E-state index contributed by atoms with van der Waals surface area (Å²) >= 11 is 0. The number of hydrogen-bond donors (Lipinski definition) is 0. The minimum atomic E-state index is -4.93. The number of halogens is 5. The van der Waals surface area contributed by atoms with Gasteiger partial charge < -0.3 is 4.74 Å². The molecular weight excluding hydrogens is 363 g/mol. The van der Waals surface area contributed by atoms with Crippen LogP contribution in [0.2, 0.25) is 0 Å². The standard InChI is InChI=1S/C21H13F5O/c1-2-13-3-6-17(20(23)11-13)15-4-7-16-14(12-15)5-8-19(22)18(16)9-10-27-21(24,25)26/h3-8,11-12H,2H2,1H3. The molecule has 0 fully saturated rings. The van der Waals surface area contributed by atoms with Gasteiger partial charge in [0, 0.05) is 10.9 Å². The Kier molecular flexibility index (Phi) is 5.04. The monoisotopic (exact) mass is 376 g/mol. The number of hydrogen-bond acceptors (Lipinski definition) is 1. The van der Waals surface area contributed by atoms with Gasteiger partial charge in [0.1, 0.15) is 17.7 Å². The molecule has 138 valence electrons. The molecule has 0 aliphatic rings. The Balaban J connectivity index is 2.06. The summed E-state index contributed by atoms with van der Waals surface area (Å²) in [7, 11) is 0. The second kappa shape index (κ2) is 7.28. The largest absolute Gasteiger partial charge is 0.581 e. The van der Waals surface area contributed by atoms with Crippen molar-refractivity contribution in [3.05, 3.63) is 71.3 Å².